The molecule has 0 radical (unpaired) electrons. The Balaban J connectivity index is 2.59. The number of allylic oxidation sites excluding steroid dienone is 3. The van der Waals surface area contributed by atoms with Crippen molar-refractivity contribution in [3.8, 4) is 0 Å². The molecule has 1 rings (SSSR count). The van der Waals surface area contributed by atoms with Crippen LogP contribution in [0.2, 0.25) is 0 Å². The molecule has 2 heteroatoms. The number of ether oxygens (including phenoxy) is 1. The molecule has 0 aromatic carbocycles. The van der Waals surface area contributed by atoms with Crippen molar-refractivity contribution >= 4 is 5.78 Å². The van der Waals surface area contributed by atoms with Crippen LogP contribution in [-0.4, -0.2) is 12.9 Å². The van der Waals surface area contributed by atoms with Crippen molar-refractivity contribution in [2.24, 2.45) is 0 Å². The summed E-state index contributed by atoms with van der Waals surface area (Å²) in [6.45, 7) is 2.10. The normalized spacial score (nSPS) is 20.0. The molecule has 0 aromatic rings. The Labute approximate surface area is 72.9 Å². The van der Waals surface area contributed by atoms with Gasteiger partial charge in [0, 0.05) is 18.1 Å². The second-order valence-electron chi connectivity index (χ2n) is 2.87. The van der Waals surface area contributed by atoms with Crippen LogP contribution in [0.1, 0.15) is 26.2 Å². The average molecular weight is 166 g/mol. The monoisotopic (exact) mass is 166 g/mol. The summed E-state index contributed by atoms with van der Waals surface area (Å²) in [5.41, 5.74) is 0.883. The highest BCUT2D eigenvalue weighted by Gasteiger charge is 2.17. The third-order valence-corrected chi connectivity index (χ3v) is 1.91. The van der Waals surface area contributed by atoms with Gasteiger partial charge < -0.3 is 4.74 Å². The topological polar surface area (TPSA) is 26.3 Å². The number of hydrogen-bond donors (Lipinski definition) is 0. The molecule has 12 heavy (non-hydrogen) atoms. The molecular formula is C10H14O2. The molecule has 1 aliphatic rings. The molecule has 0 saturated carbocycles. The van der Waals surface area contributed by atoms with Gasteiger partial charge >= 0.3 is 0 Å². The minimum atomic E-state index is 0.111. The van der Waals surface area contributed by atoms with Crippen LogP contribution in [0, 0.1) is 0 Å². The number of methoxy groups -OCH3 is 1. The number of hydrogen-bond acceptors (Lipinski definition) is 2. The third-order valence-electron chi connectivity index (χ3n) is 1.91. The molecule has 0 fully saturated rings. The predicted molar refractivity (Wildman–Crippen MR) is 47.7 cm³/mol. The summed E-state index contributed by atoms with van der Waals surface area (Å²) in [7, 11) is 1.60. The van der Waals surface area contributed by atoms with Crippen LogP contribution >= 0.6 is 0 Å². The zero-order valence-electron chi connectivity index (χ0n) is 7.59. The fourth-order valence-electron chi connectivity index (χ4n) is 1.19. The van der Waals surface area contributed by atoms with Crippen molar-refractivity contribution < 1.29 is 9.53 Å². The van der Waals surface area contributed by atoms with Crippen LogP contribution in [0.5, 0.6) is 0 Å². The fourth-order valence-corrected chi connectivity index (χ4v) is 1.19. The van der Waals surface area contributed by atoms with Gasteiger partial charge in [-0.3, -0.25) is 4.79 Å². The van der Waals surface area contributed by atoms with Crippen LogP contribution in [0.3, 0.4) is 0 Å². The highest BCUT2D eigenvalue weighted by molar-refractivity contribution is 6.07. The van der Waals surface area contributed by atoms with Gasteiger partial charge in [0.1, 0.15) is 5.76 Å². The lowest BCUT2D eigenvalue weighted by atomic mass is 10.1. The van der Waals surface area contributed by atoms with Crippen LogP contribution in [0.15, 0.2) is 23.5 Å². The van der Waals surface area contributed by atoms with E-state index in [4.69, 9.17) is 4.74 Å². The molecule has 0 saturated heterocycles. The molecule has 0 atom stereocenters. The van der Waals surface area contributed by atoms with E-state index in [1.165, 1.54) is 0 Å². The van der Waals surface area contributed by atoms with E-state index in [-0.39, 0.29) is 5.78 Å². The molecule has 2 nitrogen and oxygen atoms in total. The summed E-state index contributed by atoms with van der Waals surface area (Å²) in [4.78, 5) is 11.2. The van der Waals surface area contributed by atoms with E-state index in [0.717, 1.165) is 24.2 Å². The van der Waals surface area contributed by atoms with E-state index in [1.54, 1.807) is 13.2 Å². The first kappa shape index (κ1) is 9.04. The van der Waals surface area contributed by atoms with Crippen molar-refractivity contribution in [3.63, 3.8) is 0 Å². The predicted octanol–water partition coefficient (Wildman–Crippen LogP) is 2.22. The molecule has 0 heterocycles. The summed E-state index contributed by atoms with van der Waals surface area (Å²) in [6, 6.07) is 0. The molecule has 0 amide bonds. The van der Waals surface area contributed by atoms with Gasteiger partial charge in [-0.15, -0.1) is 0 Å². The summed E-state index contributed by atoms with van der Waals surface area (Å²) in [6.07, 6.45) is 6.31. The molecule has 0 aromatic heterocycles. The van der Waals surface area contributed by atoms with Gasteiger partial charge in [-0.05, 0) is 6.42 Å². The highest BCUT2D eigenvalue weighted by Crippen LogP contribution is 2.21. The van der Waals surface area contributed by atoms with Gasteiger partial charge in [-0.1, -0.05) is 19.4 Å². The van der Waals surface area contributed by atoms with Crippen molar-refractivity contribution in [3.05, 3.63) is 23.5 Å². The highest BCUT2D eigenvalue weighted by atomic mass is 16.5. The molecule has 1 aliphatic carbocycles. The van der Waals surface area contributed by atoms with Crippen LogP contribution in [-0.2, 0) is 9.53 Å². The van der Waals surface area contributed by atoms with Gasteiger partial charge in [0.05, 0.1) is 7.11 Å². The number of carbonyl (C=O) groups is 1. The first-order valence-electron chi connectivity index (χ1n) is 4.25. The number of ketones is 1. The zero-order chi connectivity index (χ0) is 8.97. The molecule has 0 aliphatic heterocycles. The van der Waals surface area contributed by atoms with Gasteiger partial charge in [0.25, 0.3) is 0 Å². The first-order valence-corrected chi connectivity index (χ1v) is 4.25. The van der Waals surface area contributed by atoms with E-state index < -0.39 is 0 Å². The Bertz CT molecular complexity index is 236. The molecule has 66 valence electrons. The lowest BCUT2D eigenvalue weighted by Gasteiger charge is -1.97. The summed E-state index contributed by atoms with van der Waals surface area (Å²) in [5, 5.41) is 0. The SMILES string of the molecule is CCC/C=C1\CC(OC)=CC1=O. The smallest absolute Gasteiger partial charge is 0.185 e. The second kappa shape index (κ2) is 4.10. The summed E-state index contributed by atoms with van der Waals surface area (Å²) >= 11 is 0. The third kappa shape index (κ3) is 1.97. The number of carbonyl (C=O) groups excluding carboxylic acids is 1. The van der Waals surface area contributed by atoms with Gasteiger partial charge in [0.15, 0.2) is 5.78 Å². The van der Waals surface area contributed by atoms with Crippen molar-refractivity contribution in [2.45, 2.75) is 26.2 Å². The van der Waals surface area contributed by atoms with Crippen LogP contribution < -0.4 is 0 Å². The van der Waals surface area contributed by atoms with Crippen molar-refractivity contribution in [2.75, 3.05) is 7.11 Å². The Morgan fingerprint density at radius 3 is 2.92 bits per heavy atom. The van der Waals surface area contributed by atoms with Gasteiger partial charge in [-0.25, -0.2) is 0 Å². The zero-order valence-corrected chi connectivity index (χ0v) is 7.59. The minimum Gasteiger partial charge on any atom is -0.501 e. The Morgan fingerprint density at radius 2 is 2.42 bits per heavy atom. The van der Waals surface area contributed by atoms with Crippen LogP contribution in [0.25, 0.3) is 0 Å². The Hall–Kier alpha value is -1.05. The fraction of sp³-hybridized carbons (Fsp3) is 0.500. The molecular weight excluding hydrogens is 152 g/mol. The van der Waals surface area contributed by atoms with E-state index >= 15 is 0 Å². The van der Waals surface area contributed by atoms with E-state index in [0.29, 0.717) is 6.42 Å². The van der Waals surface area contributed by atoms with Crippen LogP contribution in [0.4, 0.5) is 0 Å². The van der Waals surface area contributed by atoms with Gasteiger partial charge in [0.2, 0.25) is 0 Å². The Morgan fingerprint density at radius 1 is 1.67 bits per heavy atom. The van der Waals surface area contributed by atoms with E-state index in [2.05, 4.69) is 6.92 Å². The molecule has 0 unspecified atom stereocenters. The number of unbranched alkanes of at least 4 members (excludes halogenated alkanes) is 1. The van der Waals surface area contributed by atoms with E-state index in [9.17, 15) is 4.79 Å². The standard InChI is InChI=1S/C10H14O2/c1-3-4-5-8-6-9(12-2)7-10(8)11/h5,7H,3-4,6H2,1-2H3/b8-5+. The lowest BCUT2D eigenvalue weighted by Crippen LogP contribution is -1.90. The largest absolute Gasteiger partial charge is 0.501 e. The number of rotatable bonds is 3. The quantitative estimate of drug-likeness (QED) is 0.601. The molecule has 0 spiro atoms. The second-order valence-corrected chi connectivity index (χ2v) is 2.87. The summed E-state index contributed by atoms with van der Waals surface area (Å²) in [5.74, 6) is 0.891. The van der Waals surface area contributed by atoms with Gasteiger partial charge in [-0.2, -0.15) is 0 Å². The maximum Gasteiger partial charge on any atom is 0.185 e. The average Bonchev–Trinajstić information content (AvgIpc) is 2.43. The maximum atomic E-state index is 11.2. The summed E-state index contributed by atoms with van der Waals surface area (Å²) < 4.78 is 4.99. The molecule has 0 bridgehead atoms. The van der Waals surface area contributed by atoms with Crippen molar-refractivity contribution in [1.29, 1.82) is 0 Å². The Kier molecular flexibility index (Phi) is 3.09. The minimum absolute atomic E-state index is 0.111. The first-order chi connectivity index (χ1) is 5.77. The maximum absolute atomic E-state index is 11.2. The van der Waals surface area contributed by atoms with Crippen molar-refractivity contribution in [1.82, 2.24) is 0 Å². The van der Waals surface area contributed by atoms with E-state index in [1.807, 2.05) is 6.08 Å². The molecule has 0 N–H and O–H groups in total. The lowest BCUT2D eigenvalue weighted by molar-refractivity contribution is -0.111.